The quantitative estimate of drug-likeness (QED) is 0.784. The van der Waals surface area contributed by atoms with Crippen LogP contribution >= 0.6 is 23.4 Å². The van der Waals surface area contributed by atoms with E-state index in [1.165, 1.54) is 11.8 Å². The number of nitrogens with zero attached hydrogens (tertiary/aromatic N) is 2. The molecule has 98 valence electrons. The molecule has 1 atom stereocenters. The number of hydrogen-bond acceptors (Lipinski definition) is 3. The predicted molar refractivity (Wildman–Crippen MR) is 75.3 cm³/mol. The predicted octanol–water partition coefficient (Wildman–Crippen LogP) is 1.97. The number of fused-ring (bicyclic) bond motifs is 1. The Labute approximate surface area is 119 Å². The monoisotopic (exact) mass is 294 g/mol. The van der Waals surface area contributed by atoms with Crippen molar-refractivity contribution in [1.82, 2.24) is 4.90 Å². The summed E-state index contributed by atoms with van der Waals surface area (Å²) in [5.74, 6) is -0.343. The summed E-state index contributed by atoms with van der Waals surface area (Å²) < 4.78 is 0. The maximum absolute atomic E-state index is 12.3. The standard InChI is InChI=1S/C13H11ClN2O2S/c14-9-3-1-8(2-4-9)7-10-11(17)15-13-16(12(10)18)5-6-19-13/h1-4,10H,5-7H2/t10-/m1/s1. The Hall–Kier alpha value is -1.33. The fourth-order valence-corrected chi connectivity index (χ4v) is 3.27. The molecular formula is C13H11ClN2O2S. The van der Waals surface area contributed by atoms with Gasteiger partial charge in [0.1, 0.15) is 5.92 Å². The van der Waals surface area contributed by atoms with E-state index >= 15 is 0 Å². The van der Waals surface area contributed by atoms with E-state index in [0.29, 0.717) is 23.2 Å². The van der Waals surface area contributed by atoms with Gasteiger partial charge in [-0.05, 0) is 24.1 Å². The molecule has 0 spiro atoms. The number of hydrogen-bond donors (Lipinski definition) is 0. The Kier molecular flexibility index (Phi) is 3.33. The van der Waals surface area contributed by atoms with E-state index in [-0.39, 0.29) is 11.8 Å². The van der Waals surface area contributed by atoms with E-state index in [1.54, 1.807) is 17.0 Å². The number of carbonyl (C=O) groups is 2. The minimum Gasteiger partial charge on any atom is -0.290 e. The summed E-state index contributed by atoms with van der Waals surface area (Å²) in [7, 11) is 0. The second-order valence-electron chi connectivity index (χ2n) is 4.45. The molecular weight excluding hydrogens is 284 g/mol. The Morgan fingerprint density at radius 1 is 1.32 bits per heavy atom. The number of carbonyl (C=O) groups excluding carboxylic acids is 2. The van der Waals surface area contributed by atoms with Crippen LogP contribution in [0.1, 0.15) is 5.56 Å². The summed E-state index contributed by atoms with van der Waals surface area (Å²) in [4.78, 5) is 29.8. The van der Waals surface area contributed by atoms with Gasteiger partial charge in [0.25, 0.3) is 5.91 Å². The fourth-order valence-electron chi connectivity index (χ4n) is 2.20. The van der Waals surface area contributed by atoms with E-state index < -0.39 is 5.92 Å². The Morgan fingerprint density at radius 2 is 2.05 bits per heavy atom. The van der Waals surface area contributed by atoms with E-state index in [2.05, 4.69) is 4.99 Å². The zero-order valence-electron chi connectivity index (χ0n) is 10.0. The number of rotatable bonds is 2. The van der Waals surface area contributed by atoms with Crippen molar-refractivity contribution in [2.24, 2.45) is 10.9 Å². The van der Waals surface area contributed by atoms with Gasteiger partial charge in [-0.1, -0.05) is 35.5 Å². The van der Waals surface area contributed by atoms with Crippen molar-refractivity contribution in [3.63, 3.8) is 0 Å². The normalized spacial score (nSPS) is 22.5. The molecule has 2 aliphatic heterocycles. The van der Waals surface area contributed by atoms with Gasteiger partial charge in [-0.2, -0.15) is 4.99 Å². The van der Waals surface area contributed by atoms with E-state index in [0.717, 1.165) is 11.3 Å². The second-order valence-corrected chi connectivity index (χ2v) is 5.95. The molecule has 0 aliphatic carbocycles. The van der Waals surface area contributed by atoms with Gasteiger partial charge in [-0.3, -0.25) is 14.5 Å². The van der Waals surface area contributed by atoms with Crippen molar-refractivity contribution in [2.75, 3.05) is 12.3 Å². The lowest BCUT2D eigenvalue weighted by molar-refractivity contribution is -0.138. The zero-order chi connectivity index (χ0) is 13.4. The molecule has 1 aromatic carbocycles. The van der Waals surface area contributed by atoms with Gasteiger partial charge in [0, 0.05) is 17.3 Å². The molecule has 2 aliphatic rings. The van der Waals surface area contributed by atoms with Crippen LogP contribution in [0.15, 0.2) is 29.3 Å². The van der Waals surface area contributed by atoms with E-state index in [4.69, 9.17) is 11.6 Å². The SMILES string of the molecule is O=C1N=C2SCCN2C(=O)[C@@H]1Cc1ccc(Cl)cc1. The molecule has 0 bridgehead atoms. The highest BCUT2D eigenvalue weighted by molar-refractivity contribution is 8.14. The summed E-state index contributed by atoms with van der Waals surface area (Å²) in [5.41, 5.74) is 0.918. The Morgan fingerprint density at radius 3 is 2.79 bits per heavy atom. The molecule has 19 heavy (non-hydrogen) atoms. The summed E-state index contributed by atoms with van der Waals surface area (Å²) in [6, 6.07) is 7.19. The van der Waals surface area contributed by atoms with Crippen LogP contribution in [0.3, 0.4) is 0 Å². The molecule has 0 N–H and O–H groups in total. The molecule has 0 radical (unpaired) electrons. The molecule has 0 saturated carbocycles. The molecule has 1 aromatic rings. The Balaban J connectivity index is 1.83. The van der Waals surface area contributed by atoms with Gasteiger partial charge in [-0.25, -0.2) is 0 Å². The third-order valence-corrected chi connectivity index (χ3v) is 4.41. The van der Waals surface area contributed by atoms with Crippen LogP contribution in [-0.4, -0.2) is 34.2 Å². The Bertz CT molecular complexity index is 571. The van der Waals surface area contributed by atoms with Gasteiger partial charge in [0.15, 0.2) is 5.17 Å². The van der Waals surface area contributed by atoms with Gasteiger partial charge in [0.2, 0.25) is 5.91 Å². The van der Waals surface area contributed by atoms with Crippen molar-refractivity contribution in [3.05, 3.63) is 34.9 Å². The maximum atomic E-state index is 12.3. The smallest absolute Gasteiger partial charge is 0.261 e. The zero-order valence-corrected chi connectivity index (χ0v) is 11.6. The third kappa shape index (κ3) is 2.40. The van der Waals surface area contributed by atoms with Crippen molar-refractivity contribution in [3.8, 4) is 0 Å². The van der Waals surface area contributed by atoms with Crippen molar-refractivity contribution >= 4 is 40.3 Å². The van der Waals surface area contributed by atoms with Gasteiger partial charge in [0.05, 0.1) is 0 Å². The number of amides is 2. The number of benzene rings is 1. The van der Waals surface area contributed by atoms with Crippen molar-refractivity contribution in [1.29, 1.82) is 0 Å². The molecule has 0 unspecified atom stereocenters. The van der Waals surface area contributed by atoms with Gasteiger partial charge in [-0.15, -0.1) is 0 Å². The van der Waals surface area contributed by atoms with Gasteiger partial charge >= 0.3 is 0 Å². The maximum Gasteiger partial charge on any atom is 0.261 e. The van der Waals surface area contributed by atoms with Gasteiger partial charge < -0.3 is 0 Å². The molecule has 3 rings (SSSR count). The molecule has 2 amide bonds. The van der Waals surface area contributed by atoms with Crippen LogP contribution in [0.2, 0.25) is 5.02 Å². The second kappa shape index (κ2) is 4.98. The average molecular weight is 295 g/mol. The van der Waals surface area contributed by atoms with Crippen molar-refractivity contribution in [2.45, 2.75) is 6.42 Å². The molecule has 1 saturated heterocycles. The first kappa shape index (κ1) is 12.7. The summed E-state index contributed by atoms with van der Waals surface area (Å²) in [6.45, 7) is 0.646. The summed E-state index contributed by atoms with van der Waals surface area (Å²) in [5, 5.41) is 1.20. The van der Waals surface area contributed by atoms with Crippen LogP contribution in [0.25, 0.3) is 0 Å². The first-order valence-electron chi connectivity index (χ1n) is 5.96. The lowest BCUT2D eigenvalue weighted by Crippen LogP contribution is -2.44. The van der Waals surface area contributed by atoms with Crippen LogP contribution in [0, 0.1) is 5.92 Å². The van der Waals surface area contributed by atoms with Crippen LogP contribution < -0.4 is 0 Å². The first-order valence-corrected chi connectivity index (χ1v) is 7.32. The van der Waals surface area contributed by atoms with Crippen LogP contribution in [0.5, 0.6) is 0 Å². The minimum absolute atomic E-state index is 0.130. The summed E-state index contributed by atoms with van der Waals surface area (Å²) in [6.07, 6.45) is 0.382. The average Bonchev–Trinajstić information content (AvgIpc) is 2.85. The topological polar surface area (TPSA) is 49.7 Å². The summed E-state index contributed by atoms with van der Waals surface area (Å²) >= 11 is 7.28. The number of thioether (sulfide) groups is 1. The number of amidine groups is 1. The minimum atomic E-state index is -0.691. The van der Waals surface area contributed by atoms with E-state index in [1.807, 2.05) is 12.1 Å². The highest BCUT2D eigenvalue weighted by Crippen LogP contribution is 2.27. The van der Waals surface area contributed by atoms with Crippen LogP contribution in [-0.2, 0) is 16.0 Å². The van der Waals surface area contributed by atoms with Crippen molar-refractivity contribution < 1.29 is 9.59 Å². The molecule has 1 fully saturated rings. The highest BCUT2D eigenvalue weighted by Gasteiger charge is 2.40. The first-order chi connectivity index (χ1) is 9.15. The molecule has 2 heterocycles. The third-order valence-electron chi connectivity index (χ3n) is 3.20. The number of aliphatic imine (C=N–C) groups is 1. The molecule has 0 aromatic heterocycles. The largest absolute Gasteiger partial charge is 0.290 e. The molecule has 6 heteroatoms. The lowest BCUT2D eigenvalue weighted by Gasteiger charge is -2.25. The molecule has 4 nitrogen and oxygen atoms in total. The lowest BCUT2D eigenvalue weighted by atomic mass is 9.96. The van der Waals surface area contributed by atoms with Crippen LogP contribution in [0.4, 0.5) is 0 Å². The highest BCUT2D eigenvalue weighted by atomic mass is 35.5. The van der Waals surface area contributed by atoms with E-state index in [9.17, 15) is 9.59 Å². The fraction of sp³-hybridized carbons (Fsp3) is 0.308. The number of halogens is 1.